The molecule has 1 N–H and O–H groups in total. The Labute approximate surface area is 127 Å². The van der Waals surface area contributed by atoms with Gasteiger partial charge in [-0.1, -0.05) is 36.3 Å². The molecule has 1 heteroatoms. The summed E-state index contributed by atoms with van der Waals surface area (Å²) < 4.78 is 0. The summed E-state index contributed by atoms with van der Waals surface area (Å²) in [6, 6.07) is 5.99. The molecule has 0 unspecified atom stereocenters. The van der Waals surface area contributed by atoms with Crippen molar-refractivity contribution in [1.29, 1.82) is 0 Å². The highest BCUT2D eigenvalue weighted by atomic mass is 16.3. The summed E-state index contributed by atoms with van der Waals surface area (Å²) in [5.74, 6) is 1.75. The number of allylic oxidation sites excluding steroid dienone is 4. The number of hydrogen-bond donors (Lipinski definition) is 1. The van der Waals surface area contributed by atoms with E-state index in [2.05, 4.69) is 32.1 Å². The Bertz CT molecular complexity index is 652. The topological polar surface area (TPSA) is 20.2 Å². The summed E-state index contributed by atoms with van der Waals surface area (Å²) in [4.78, 5) is 0. The predicted octanol–water partition coefficient (Wildman–Crippen LogP) is 5.11. The van der Waals surface area contributed by atoms with Gasteiger partial charge in [-0.05, 0) is 73.6 Å². The number of hydrogen-bond acceptors (Lipinski definition) is 1. The Morgan fingerprint density at radius 3 is 2.95 bits per heavy atom. The Kier molecular flexibility index (Phi) is 2.82. The van der Waals surface area contributed by atoms with Gasteiger partial charge in [-0.2, -0.15) is 0 Å². The normalized spacial score (nSPS) is 35.9. The molecule has 1 nitrogen and oxygen atoms in total. The highest BCUT2D eigenvalue weighted by Gasteiger charge is 2.49. The largest absolute Gasteiger partial charge is 0.508 e. The number of phenols is 1. The first-order valence-electron chi connectivity index (χ1n) is 8.31. The first-order valence-corrected chi connectivity index (χ1v) is 8.31. The Morgan fingerprint density at radius 2 is 2.14 bits per heavy atom. The van der Waals surface area contributed by atoms with Gasteiger partial charge in [0.25, 0.3) is 0 Å². The van der Waals surface area contributed by atoms with Gasteiger partial charge >= 0.3 is 0 Å². The maximum absolute atomic E-state index is 9.71. The van der Waals surface area contributed by atoms with Crippen LogP contribution in [0.3, 0.4) is 0 Å². The molecule has 0 aromatic heterocycles. The van der Waals surface area contributed by atoms with E-state index in [0.29, 0.717) is 17.1 Å². The fourth-order valence-corrected chi connectivity index (χ4v) is 5.28. The minimum atomic E-state index is 0.406. The summed E-state index contributed by atoms with van der Waals surface area (Å²) in [5, 5.41) is 9.71. The van der Waals surface area contributed by atoms with E-state index in [4.69, 9.17) is 0 Å². The van der Waals surface area contributed by atoms with Crippen molar-refractivity contribution in [3.05, 3.63) is 52.6 Å². The average Bonchev–Trinajstić information content (AvgIpc) is 2.83. The van der Waals surface area contributed by atoms with Crippen molar-refractivity contribution in [3.8, 4) is 5.75 Å². The molecular weight excluding hydrogens is 256 g/mol. The lowest BCUT2D eigenvalue weighted by Gasteiger charge is -2.45. The van der Waals surface area contributed by atoms with Crippen LogP contribution in [0.2, 0.25) is 0 Å². The lowest BCUT2D eigenvalue weighted by Crippen LogP contribution is -2.34. The van der Waals surface area contributed by atoms with E-state index >= 15 is 0 Å². The maximum atomic E-state index is 9.71. The van der Waals surface area contributed by atoms with E-state index in [1.165, 1.54) is 36.8 Å². The molecule has 1 aromatic rings. The fourth-order valence-electron chi connectivity index (χ4n) is 5.28. The van der Waals surface area contributed by atoms with Gasteiger partial charge in [0, 0.05) is 5.92 Å². The highest BCUT2D eigenvalue weighted by molar-refractivity contribution is 5.48. The third kappa shape index (κ3) is 1.76. The van der Waals surface area contributed by atoms with Gasteiger partial charge in [0.2, 0.25) is 0 Å². The van der Waals surface area contributed by atoms with Crippen LogP contribution in [-0.2, 0) is 6.42 Å². The standard InChI is InChI=1S/C20H24O/c1-3-14-5-9-19-18-7-4-13-12-15(21)6-8-16(13)17(18)10-11-20(14,19)2/h3,6-8,12,17,19,21H,4-5,9-11H2,1-2H3/t17-,19+,20-/m1/s1. The minimum Gasteiger partial charge on any atom is -0.508 e. The zero-order valence-corrected chi connectivity index (χ0v) is 13.0. The van der Waals surface area contributed by atoms with E-state index in [1.54, 1.807) is 11.1 Å². The van der Waals surface area contributed by atoms with Crippen molar-refractivity contribution in [2.45, 2.75) is 51.9 Å². The molecule has 21 heavy (non-hydrogen) atoms. The van der Waals surface area contributed by atoms with Crippen LogP contribution in [-0.4, -0.2) is 5.11 Å². The molecule has 0 saturated heterocycles. The van der Waals surface area contributed by atoms with Gasteiger partial charge in [0.1, 0.15) is 5.75 Å². The molecule has 3 aliphatic carbocycles. The quantitative estimate of drug-likeness (QED) is 0.654. The number of phenolic OH excluding ortho intramolecular Hbond substituents is 1. The first-order chi connectivity index (χ1) is 10.1. The Morgan fingerprint density at radius 1 is 1.29 bits per heavy atom. The van der Waals surface area contributed by atoms with Gasteiger partial charge in [0.05, 0.1) is 0 Å². The number of fused-ring (bicyclic) bond motifs is 5. The van der Waals surface area contributed by atoms with E-state index in [9.17, 15) is 5.11 Å². The van der Waals surface area contributed by atoms with Crippen LogP contribution in [0, 0.1) is 11.3 Å². The van der Waals surface area contributed by atoms with Crippen molar-refractivity contribution in [3.63, 3.8) is 0 Å². The zero-order chi connectivity index (χ0) is 14.6. The van der Waals surface area contributed by atoms with Gasteiger partial charge in [-0.3, -0.25) is 0 Å². The number of rotatable bonds is 0. The summed E-state index contributed by atoms with van der Waals surface area (Å²) in [5.41, 5.74) is 6.59. The zero-order valence-electron chi connectivity index (χ0n) is 13.0. The SMILES string of the molecule is CC=C1CC[C@H]2C3=CCc4cc(O)ccc4[C@H]3CC[C@]12C. The molecular formula is C20H24O. The second-order valence-electron chi connectivity index (χ2n) is 7.21. The molecule has 0 amide bonds. The van der Waals surface area contributed by atoms with Crippen molar-refractivity contribution in [2.24, 2.45) is 11.3 Å². The lowest BCUT2D eigenvalue weighted by atomic mass is 9.59. The van der Waals surface area contributed by atoms with Gasteiger partial charge in [-0.15, -0.1) is 0 Å². The molecule has 2 saturated carbocycles. The molecule has 3 atom stereocenters. The van der Waals surface area contributed by atoms with Crippen molar-refractivity contribution in [2.75, 3.05) is 0 Å². The van der Waals surface area contributed by atoms with Crippen LogP contribution in [0.25, 0.3) is 0 Å². The second kappa shape index (κ2) is 4.50. The van der Waals surface area contributed by atoms with E-state index in [1.807, 2.05) is 12.1 Å². The maximum Gasteiger partial charge on any atom is 0.115 e. The monoisotopic (exact) mass is 280 g/mol. The smallest absolute Gasteiger partial charge is 0.115 e. The van der Waals surface area contributed by atoms with Crippen LogP contribution < -0.4 is 0 Å². The molecule has 0 heterocycles. The van der Waals surface area contributed by atoms with Crippen molar-refractivity contribution >= 4 is 0 Å². The number of aromatic hydroxyl groups is 1. The molecule has 3 aliphatic rings. The van der Waals surface area contributed by atoms with Crippen LogP contribution >= 0.6 is 0 Å². The molecule has 4 rings (SSSR count). The summed E-state index contributed by atoms with van der Waals surface area (Å²) in [6.45, 7) is 4.70. The van der Waals surface area contributed by atoms with Gasteiger partial charge in [0.15, 0.2) is 0 Å². The van der Waals surface area contributed by atoms with E-state index < -0.39 is 0 Å². The van der Waals surface area contributed by atoms with Gasteiger partial charge < -0.3 is 5.11 Å². The Balaban J connectivity index is 1.76. The predicted molar refractivity (Wildman–Crippen MR) is 86.5 cm³/mol. The summed E-state index contributed by atoms with van der Waals surface area (Å²) in [6.07, 6.45) is 11.0. The molecule has 1 aromatic carbocycles. The summed E-state index contributed by atoms with van der Waals surface area (Å²) in [7, 11) is 0. The van der Waals surface area contributed by atoms with Crippen molar-refractivity contribution < 1.29 is 5.11 Å². The molecule has 0 radical (unpaired) electrons. The molecule has 0 bridgehead atoms. The molecule has 110 valence electrons. The molecule has 0 aliphatic heterocycles. The highest BCUT2D eigenvalue weighted by Crippen LogP contribution is 2.61. The second-order valence-corrected chi connectivity index (χ2v) is 7.21. The van der Waals surface area contributed by atoms with Crippen LogP contribution in [0.1, 0.15) is 56.6 Å². The van der Waals surface area contributed by atoms with E-state index in [-0.39, 0.29) is 0 Å². The molecule has 2 fully saturated rings. The Hall–Kier alpha value is -1.50. The third-order valence-corrected chi connectivity index (χ3v) is 6.37. The molecule has 0 spiro atoms. The average molecular weight is 280 g/mol. The minimum absolute atomic E-state index is 0.406. The van der Waals surface area contributed by atoms with Crippen LogP contribution in [0.5, 0.6) is 5.75 Å². The number of benzene rings is 1. The van der Waals surface area contributed by atoms with Gasteiger partial charge in [-0.25, -0.2) is 0 Å². The van der Waals surface area contributed by atoms with Crippen LogP contribution in [0.15, 0.2) is 41.5 Å². The lowest BCUT2D eigenvalue weighted by molar-refractivity contribution is 0.229. The van der Waals surface area contributed by atoms with Crippen LogP contribution in [0.4, 0.5) is 0 Å². The fraction of sp³-hybridized carbons (Fsp3) is 0.500. The summed E-state index contributed by atoms with van der Waals surface area (Å²) >= 11 is 0. The van der Waals surface area contributed by atoms with Crippen molar-refractivity contribution in [1.82, 2.24) is 0 Å². The first kappa shape index (κ1) is 13.2. The third-order valence-electron chi connectivity index (χ3n) is 6.37. The van der Waals surface area contributed by atoms with E-state index in [0.717, 1.165) is 12.3 Å².